The van der Waals surface area contributed by atoms with Crippen LogP contribution in [0.5, 0.6) is 0 Å². The van der Waals surface area contributed by atoms with Crippen molar-refractivity contribution in [1.82, 2.24) is 0 Å². The van der Waals surface area contributed by atoms with E-state index in [1.807, 2.05) is 103 Å². The molecular formula is C44H26O2. The van der Waals surface area contributed by atoms with Gasteiger partial charge in [-0.3, -0.25) is 0 Å². The van der Waals surface area contributed by atoms with Crippen molar-refractivity contribution in [3.05, 3.63) is 158 Å². The van der Waals surface area contributed by atoms with Crippen molar-refractivity contribution in [2.24, 2.45) is 0 Å². The Bertz CT molecular complexity index is 3160. The second kappa shape index (κ2) is 9.69. The molecule has 0 N–H and O–H groups in total. The summed E-state index contributed by atoms with van der Waals surface area (Å²) in [5.74, 6) is 0. The Hall–Kier alpha value is -6.12. The van der Waals surface area contributed by atoms with E-state index in [0.717, 1.165) is 38.3 Å². The highest BCUT2D eigenvalue weighted by atomic mass is 16.3. The molecule has 2 aromatic heterocycles. The standard InChI is InChI=1S/C44H26O2/c1-2-11-27(12-3-1)28-21-23-29(24-22-28)40-30-13-4-6-15-32(30)41(33-16-7-5-14-31(33)40)35-18-10-19-36-43-39(46-44(35)36)26-25-38-42(43)34-17-8-9-20-37(34)45-38/h1-26H/i4D,5D,6D,7D,13D,14D,15D,16D. The molecule has 0 radical (unpaired) electrons. The second-order valence-electron chi connectivity index (χ2n) is 11.4. The lowest BCUT2D eigenvalue weighted by molar-refractivity contribution is 0.663. The first-order valence-electron chi connectivity index (χ1n) is 19.0. The van der Waals surface area contributed by atoms with E-state index < -0.39 is 24.2 Å². The molecule has 0 atom stereocenters. The lowest BCUT2D eigenvalue weighted by Gasteiger charge is -2.18. The Morgan fingerprint density at radius 1 is 0.370 bits per heavy atom. The van der Waals surface area contributed by atoms with E-state index in [1.165, 1.54) is 0 Å². The quantitative estimate of drug-likeness (QED) is 0.190. The first kappa shape index (κ1) is 18.6. The molecule has 0 spiro atoms. The second-order valence-corrected chi connectivity index (χ2v) is 11.4. The van der Waals surface area contributed by atoms with Gasteiger partial charge in [0.05, 0.1) is 11.0 Å². The molecule has 0 saturated heterocycles. The minimum absolute atomic E-state index is 0.132. The van der Waals surface area contributed by atoms with Crippen molar-refractivity contribution in [1.29, 1.82) is 0 Å². The van der Waals surface area contributed by atoms with Crippen LogP contribution in [0.3, 0.4) is 0 Å². The van der Waals surface area contributed by atoms with Gasteiger partial charge in [0.1, 0.15) is 22.3 Å². The number of furan rings is 2. The summed E-state index contributed by atoms with van der Waals surface area (Å²) >= 11 is 0. The predicted molar refractivity (Wildman–Crippen MR) is 192 cm³/mol. The molecule has 2 heterocycles. The summed E-state index contributed by atoms with van der Waals surface area (Å²) in [5, 5.41) is 3.87. The Morgan fingerprint density at radius 2 is 0.913 bits per heavy atom. The highest BCUT2D eigenvalue weighted by molar-refractivity contribution is 6.29. The Labute approximate surface area is 276 Å². The molecule has 0 aliphatic heterocycles. The molecule has 8 aromatic carbocycles. The van der Waals surface area contributed by atoms with Crippen LogP contribution in [0.25, 0.3) is 98.8 Å². The van der Waals surface area contributed by atoms with Crippen LogP contribution in [0.2, 0.25) is 0 Å². The number of fused-ring (bicyclic) bond motifs is 9. The van der Waals surface area contributed by atoms with Crippen LogP contribution >= 0.6 is 0 Å². The number of hydrogen-bond donors (Lipinski definition) is 0. The average Bonchev–Trinajstić information content (AvgIpc) is 3.78. The molecule has 10 aromatic rings. The maximum atomic E-state index is 9.38. The maximum absolute atomic E-state index is 9.38. The normalized spacial score (nSPS) is 14.3. The molecule has 0 amide bonds. The van der Waals surface area contributed by atoms with Crippen LogP contribution < -0.4 is 0 Å². The van der Waals surface area contributed by atoms with Crippen LogP contribution in [0, 0.1) is 0 Å². The van der Waals surface area contributed by atoms with Crippen molar-refractivity contribution < 1.29 is 19.8 Å². The van der Waals surface area contributed by atoms with Gasteiger partial charge in [-0.25, -0.2) is 0 Å². The van der Waals surface area contributed by atoms with Crippen molar-refractivity contribution >= 4 is 65.4 Å². The molecular weight excluding hydrogens is 560 g/mol. The van der Waals surface area contributed by atoms with E-state index >= 15 is 0 Å². The van der Waals surface area contributed by atoms with E-state index in [2.05, 4.69) is 0 Å². The van der Waals surface area contributed by atoms with Crippen LogP contribution in [0.1, 0.15) is 11.0 Å². The van der Waals surface area contributed by atoms with Gasteiger partial charge in [-0.15, -0.1) is 0 Å². The van der Waals surface area contributed by atoms with E-state index in [4.69, 9.17) is 14.3 Å². The summed E-state index contributed by atoms with van der Waals surface area (Å²) in [4.78, 5) is 0. The first-order valence-corrected chi connectivity index (χ1v) is 15.0. The lowest BCUT2D eigenvalue weighted by atomic mass is 9.85. The highest BCUT2D eigenvalue weighted by Crippen LogP contribution is 2.48. The summed E-state index contributed by atoms with van der Waals surface area (Å²) in [6, 6.07) is 31.2. The van der Waals surface area contributed by atoms with E-state index in [-0.39, 0.29) is 51.3 Å². The van der Waals surface area contributed by atoms with Gasteiger partial charge in [-0.1, -0.05) is 139 Å². The molecule has 0 aliphatic carbocycles. The summed E-state index contributed by atoms with van der Waals surface area (Å²) in [5.41, 5.74) is 5.80. The van der Waals surface area contributed by atoms with Gasteiger partial charge in [0, 0.05) is 32.7 Å². The van der Waals surface area contributed by atoms with Crippen molar-refractivity contribution in [3.8, 4) is 33.4 Å². The fourth-order valence-corrected chi connectivity index (χ4v) is 6.94. The molecule has 0 saturated carbocycles. The number of para-hydroxylation sites is 2. The van der Waals surface area contributed by atoms with Crippen LogP contribution in [0.15, 0.2) is 166 Å². The van der Waals surface area contributed by atoms with Gasteiger partial charge in [0.25, 0.3) is 0 Å². The predicted octanol–water partition coefficient (Wildman–Crippen LogP) is 12.8. The molecule has 0 fully saturated rings. The Kier molecular flexibility index (Phi) is 3.92. The van der Waals surface area contributed by atoms with Gasteiger partial charge in [0.15, 0.2) is 0 Å². The van der Waals surface area contributed by atoms with Gasteiger partial charge in [0.2, 0.25) is 0 Å². The summed E-state index contributed by atoms with van der Waals surface area (Å²) in [6.45, 7) is 0. The fourth-order valence-electron chi connectivity index (χ4n) is 6.94. The summed E-state index contributed by atoms with van der Waals surface area (Å²) in [7, 11) is 0. The first-order chi connectivity index (χ1) is 26.2. The van der Waals surface area contributed by atoms with Crippen molar-refractivity contribution in [3.63, 3.8) is 0 Å². The smallest absolute Gasteiger partial charge is 0.143 e. The van der Waals surface area contributed by atoms with Gasteiger partial charge in [-0.2, -0.15) is 0 Å². The minimum Gasteiger partial charge on any atom is -0.456 e. The third-order valence-corrected chi connectivity index (χ3v) is 8.93. The van der Waals surface area contributed by atoms with Crippen LogP contribution in [0.4, 0.5) is 0 Å². The Balaban J connectivity index is 1.41. The van der Waals surface area contributed by atoms with E-state index in [9.17, 15) is 5.48 Å². The third kappa shape index (κ3) is 3.59. The van der Waals surface area contributed by atoms with Gasteiger partial charge in [-0.05, 0) is 62.0 Å². The van der Waals surface area contributed by atoms with Crippen molar-refractivity contribution in [2.45, 2.75) is 0 Å². The topological polar surface area (TPSA) is 26.3 Å². The van der Waals surface area contributed by atoms with Gasteiger partial charge < -0.3 is 8.83 Å². The van der Waals surface area contributed by atoms with E-state index in [1.54, 1.807) is 6.07 Å². The maximum Gasteiger partial charge on any atom is 0.143 e. The molecule has 0 bridgehead atoms. The lowest BCUT2D eigenvalue weighted by Crippen LogP contribution is -1.91. The van der Waals surface area contributed by atoms with Crippen molar-refractivity contribution in [2.75, 3.05) is 0 Å². The monoisotopic (exact) mass is 594 g/mol. The zero-order chi connectivity index (χ0) is 37.2. The zero-order valence-electron chi connectivity index (χ0n) is 32.2. The Morgan fingerprint density at radius 3 is 1.63 bits per heavy atom. The number of hydrogen-bond acceptors (Lipinski definition) is 2. The van der Waals surface area contributed by atoms with Crippen LogP contribution in [-0.4, -0.2) is 0 Å². The molecule has 2 heteroatoms. The molecule has 0 aliphatic rings. The molecule has 46 heavy (non-hydrogen) atoms. The average molecular weight is 595 g/mol. The zero-order valence-corrected chi connectivity index (χ0v) is 24.2. The van der Waals surface area contributed by atoms with E-state index in [0.29, 0.717) is 33.4 Å². The highest BCUT2D eigenvalue weighted by Gasteiger charge is 2.22. The fraction of sp³-hybridized carbons (Fsp3) is 0. The molecule has 2 nitrogen and oxygen atoms in total. The van der Waals surface area contributed by atoms with Crippen LogP contribution in [-0.2, 0) is 0 Å². The largest absolute Gasteiger partial charge is 0.456 e. The molecule has 0 unspecified atom stereocenters. The summed E-state index contributed by atoms with van der Waals surface area (Å²) in [6.07, 6.45) is 0. The number of benzene rings is 8. The number of rotatable bonds is 3. The van der Waals surface area contributed by atoms with Gasteiger partial charge >= 0.3 is 0 Å². The molecule has 10 rings (SSSR count). The SMILES string of the molecule is [2H]c1c([2H])c([2H])c2c(-c3cccc4c3oc3ccc5oc6ccccc6c5c34)c3c([2H])c([2H])c([2H])c([2H])c3c(-c3ccc(-c4ccccc4)cc3)c2c1[2H]. The minimum atomic E-state index is -0.456. The summed E-state index contributed by atoms with van der Waals surface area (Å²) < 4.78 is 85.5. The third-order valence-electron chi connectivity index (χ3n) is 8.93. The molecule has 214 valence electrons.